The van der Waals surface area contributed by atoms with Gasteiger partial charge in [-0.25, -0.2) is 4.79 Å². The first-order valence-electron chi connectivity index (χ1n) is 6.84. The van der Waals surface area contributed by atoms with Gasteiger partial charge in [0, 0.05) is 17.9 Å². The van der Waals surface area contributed by atoms with Gasteiger partial charge in [0.2, 0.25) is 0 Å². The summed E-state index contributed by atoms with van der Waals surface area (Å²) in [6.07, 6.45) is 1.10. The van der Waals surface area contributed by atoms with Crippen molar-refractivity contribution in [3.8, 4) is 0 Å². The Morgan fingerprint density at radius 3 is 2.55 bits per heavy atom. The van der Waals surface area contributed by atoms with Gasteiger partial charge >= 0.3 is 5.97 Å². The molecule has 0 fully saturated rings. The lowest BCUT2D eigenvalue weighted by atomic mass is 9.93. The fourth-order valence-electron chi connectivity index (χ4n) is 2.83. The lowest BCUT2D eigenvalue weighted by Gasteiger charge is -2.34. The summed E-state index contributed by atoms with van der Waals surface area (Å²) in [6, 6.07) is 15.5. The molecule has 0 saturated carbocycles. The highest BCUT2D eigenvalue weighted by atomic mass is 16.4. The van der Waals surface area contributed by atoms with Crippen LogP contribution in [0.4, 0.5) is 11.4 Å². The molecule has 1 heterocycles. The molecule has 1 N–H and O–H groups in total. The Hall–Kier alpha value is -2.29. The van der Waals surface area contributed by atoms with E-state index in [2.05, 4.69) is 30.0 Å². The number of nitrogens with zero attached hydrogens (tertiary/aromatic N) is 1. The number of carboxylic acid groups (broad SMARTS) is 1. The zero-order chi connectivity index (χ0) is 14.1. The maximum atomic E-state index is 10.9. The number of anilines is 2. The number of hydrogen-bond donors (Lipinski definition) is 1. The summed E-state index contributed by atoms with van der Waals surface area (Å²) in [5.74, 6) is -0.298. The van der Waals surface area contributed by atoms with Gasteiger partial charge in [-0.2, -0.15) is 0 Å². The SMILES string of the molecule is CC1Cc2ccccc2N(c2ccc(C(=O)O)cc2)C1. The highest BCUT2D eigenvalue weighted by Crippen LogP contribution is 2.35. The van der Waals surface area contributed by atoms with Crippen LogP contribution in [0.1, 0.15) is 22.8 Å². The molecule has 0 radical (unpaired) electrons. The van der Waals surface area contributed by atoms with E-state index in [0.29, 0.717) is 11.5 Å². The van der Waals surface area contributed by atoms with Crippen molar-refractivity contribution in [2.24, 2.45) is 5.92 Å². The van der Waals surface area contributed by atoms with Crippen LogP contribution in [0.3, 0.4) is 0 Å². The van der Waals surface area contributed by atoms with Gasteiger partial charge in [0.25, 0.3) is 0 Å². The van der Waals surface area contributed by atoms with Crippen LogP contribution in [0.15, 0.2) is 48.5 Å². The number of carbonyl (C=O) groups is 1. The highest BCUT2D eigenvalue weighted by molar-refractivity contribution is 5.88. The van der Waals surface area contributed by atoms with Crippen molar-refractivity contribution in [2.45, 2.75) is 13.3 Å². The molecule has 2 aromatic rings. The lowest BCUT2D eigenvalue weighted by molar-refractivity contribution is 0.0697. The van der Waals surface area contributed by atoms with E-state index in [1.54, 1.807) is 12.1 Å². The molecular formula is C17H17NO2. The number of para-hydroxylation sites is 1. The fourth-order valence-corrected chi connectivity index (χ4v) is 2.83. The van der Waals surface area contributed by atoms with E-state index in [1.165, 1.54) is 11.3 Å². The lowest BCUT2D eigenvalue weighted by Crippen LogP contribution is -2.30. The van der Waals surface area contributed by atoms with E-state index >= 15 is 0 Å². The van der Waals surface area contributed by atoms with Crippen LogP contribution in [-0.4, -0.2) is 17.6 Å². The number of fused-ring (bicyclic) bond motifs is 1. The second kappa shape index (κ2) is 5.00. The third-order valence-electron chi connectivity index (χ3n) is 3.77. The maximum Gasteiger partial charge on any atom is 0.335 e. The minimum Gasteiger partial charge on any atom is -0.478 e. The average Bonchev–Trinajstić information content (AvgIpc) is 2.46. The van der Waals surface area contributed by atoms with Crippen molar-refractivity contribution < 1.29 is 9.90 Å². The van der Waals surface area contributed by atoms with Gasteiger partial charge in [0.15, 0.2) is 0 Å². The average molecular weight is 267 g/mol. The summed E-state index contributed by atoms with van der Waals surface area (Å²) in [4.78, 5) is 13.2. The Bertz CT molecular complexity index is 634. The highest BCUT2D eigenvalue weighted by Gasteiger charge is 2.22. The molecule has 3 rings (SSSR count). The molecular weight excluding hydrogens is 250 g/mol. The van der Waals surface area contributed by atoms with Crippen LogP contribution in [0.2, 0.25) is 0 Å². The van der Waals surface area contributed by atoms with Crippen molar-refractivity contribution in [3.05, 3.63) is 59.7 Å². The number of carboxylic acids is 1. The van der Waals surface area contributed by atoms with Crippen LogP contribution in [0.5, 0.6) is 0 Å². The van der Waals surface area contributed by atoms with Gasteiger partial charge in [-0.3, -0.25) is 0 Å². The third-order valence-corrected chi connectivity index (χ3v) is 3.77. The normalized spacial score (nSPS) is 17.6. The predicted octanol–water partition coefficient (Wildman–Crippen LogP) is 3.72. The van der Waals surface area contributed by atoms with Crippen LogP contribution >= 0.6 is 0 Å². The predicted molar refractivity (Wildman–Crippen MR) is 79.7 cm³/mol. The Morgan fingerprint density at radius 2 is 1.85 bits per heavy atom. The number of rotatable bonds is 2. The van der Waals surface area contributed by atoms with E-state index < -0.39 is 5.97 Å². The summed E-state index contributed by atoms with van der Waals surface area (Å²) in [5, 5.41) is 8.97. The molecule has 0 aliphatic carbocycles. The summed E-state index contributed by atoms with van der Waals surface area (Å²) in [7, 11) is 0. The van der Waals surface area contributed by atoms with Crippen LogP contribution < -0.4 is 4.90 Å². The van der Waals surface area contributed by atoms with Gasteiger partial charge < -0.3 is 10.0 Å². The zero-order valence-corrected chi connectivity index (χ0v) is 11.4. The zero-order valence-electron chi connectivity index (χ0n) is 11.4. The number of benzene rings is 2. The van der Waals surface area contributed by atoms with Crippen molar-refractivity contribution in [1.82, 2.24) is 0 Å². The van der Waals surface area contributed by atoms with Gasteiger partial charge in [-0.05, 0) is 48.2 Å². The second-order valence-corrected chi connectivity index (χ2v) is 5.40. The minimum absolute atomic E-state index is 0.326. The molecule has 102 valence electrons. The van der Waals surface area contributed by atoms with Gasteiger partial charge in [0.1, 0.15) is 0 Å². The molecule has 3 heteroatoms. The first kappa shape index (κ1) is 12.7. The monoisotopic (exact) mass is 267 g/mol. The summed E-state index contributed by atoms with van der Waals surface area (Å²) in [5.41, 5.74) is 3.96. The molecule has 3 nitrogen and oxygen atoms in total. The number of aromatic carboxylic acids is 1. The topological polar surface area (TPSA) is 40.5 Å². The molecule has 0 aromatic heterocycles. The first-order valence-corrected chi connectivity index (χ1v) is 6.84. The Labute approximate surface area is 118 Å². The molecule has 1 aliphatic heterocycles. The molecule has 0 saturated heterocycles. The fraction of sp³-hybridized carbons (Fsp3) is 0.235. The Balaban J connectivity index is 1.99. The third kappa shape index (κ3) is 2.27. The molecule has 0 bridgehead atoms. The summed E-state index contributed by atoms with van der Waals surface area (Å²) < 4.78 is 0. The molecule has 20 heavy (non-hydrogen) atoms. The van der Waals surface area contributed by atoms with E-state index in [1.807, 2.05) is 18.2 Å². The molecule has 0 spiro atoms. The smallest absolute Gasteiger partial charge is 0.335 e. The van der Waals surface area contributed by atoms with Crippen LogP contribution in [0.25, 0.3) is 0 Å². The van der Waals surface area contributed by atoms with Gasteiger partial charge in [-0.1, -0.05) is 25.1 Å². The molecule has 1 unspecified atom stereocenters. The van der Waals surface area contributed by atoms with E-state index in [4.69, 9.17) is 5.11 Å². The van der Waals surface area contributed by atoms with E-state index in [0.717, 1.165) is 18.7 Å². The van der Waals surface area contributed by atoms with Crippen molar-refractivity contribution in [3.63, 3.8) is 0 Å². The standard InChI is InChI=1S/C17H17NO2/c1-12-10-14-4-2-3-5-16(14)18(11-12)15-8-6-13(7-9-15)17(19)20/h2-9,12H,10-11H2,1H3,(H,19,20). The van der Waals surface area contributed by atoms with E-state index in [-0.39, 0.29) is 0 Å². The van der Waals surface area contributed by atoms with Gasteiger partial charge in [-0.15, -0.1) is 0 Å². The van der Waals surface area contributed by atoms with Crippen molar-refractivity contribution in [1.29, 1.82) is 0 Å². The summed E-state index contributed by atoms with van der Waals surface area (Å²) in [6.45, 7) is 3.21. The minimum atomic E-state index is -0.885. The second-order valence-electron chi connectivity index (χ2n) is 5.40. The Morgan fingerprint density at radius 1 is 1.15 bits per heavy atom. The Kier molecular flexibility index (Phi) is 3.18. The quantitative estimate of drug-likeness (QED) is 0.901. The van der Waals surface area contributed by atoms with E-state index in [9.17, 15) is 4.79 Å². The molecule has 1 aliphatic rings. The van der Waals surface area contributed by atoms with Gasteiger partial charge in [0.05, 0.1) is 5.56 Å². The molecule has 0 amide bonds. The van der Waals surface area contributed by atoms with Crippen LogP contribution in [-0.2, 0) is 6.42 Å². The maximum absolute atomic E-state index is 10.9. The number of hydrogen-bond acceptors (Lipinski definition) is 2. The molecule has 1 atom stereocenters. The van der Waals surface area contributed by atoms with Crippen LogP contribution in [0, 0.1) is 5.92 Å². The molecule has 2 aromatic carbocycles. The van der Waals surface area contributed by atoms with Crippen molar-refractivity contribution in [2.75, 3.05) is 11.4 Å². The largest absolute Gasteiger partial charge is 0.478 e. The van der Waals surface area contributed by atoms with Crippen molar-refractivity contribution >= 4 is 17.3 Å². The first-order chi connectivity index (χ1) is 9.65. The summed E-state index contributed by atoms with van der Waals surface area (Å²) >= 11 is 0.